The summed E-state index contributed by atoms with van der Waals surface area (Å²) >= 11 is 0. The van der Waals surface area contributed by atoms with E-state index in [1.165, 1.54) is 19.2 Å². The smallest absolute Gasteiger partial charge is 0.322 e. The highest BCUT2D eigenvalue weighted by Gasteiger charge is 2.29. The van der Waals surface area contributed by atoms with Gasteiger partial charge in [0.15, 0.2) is 0 Å². The minimum atomic E-state index is -3.59. The molecule has 0 aromatic heterocycles. The molecule has 1 saturated heterocycles. The van der Waals surface area contributed by atoms with Crippen LogP contribution in [0.2, 0.25) is 0 Å². The molecule has 28 heavy (non-hydrogen) atoms. The van der Waals surface area contributed by atoms with E-state index < -0.39 is 10.0 Å². The predicted octanol–water partition coefficient (Wildman–Crippen LogP) is 2.90. The summed E-state index contributed by atoms with van der Waals surface area (Å²) < 4.78 is 32.4. The number of carbonyl (C=O) groups excluding carboxylic acids is 1. The molecule has 1 fully saturated rings. The molecule has 3 rings (SSSR count). The van der Waals surface area contributed by atoms with Crippen LogP contribution in [-0.4, -0.2) is 45.6 Å². The molecule has 1 aliphatic heterocycles. The predicted molar refractivity (Wildman–Crippen MR) is 108 cm³/mol. The number of aryl methyl sites for hydroxylation is 1. The first-order valence-electron chi connectivity index (χ1n) is 9.10. The van der Waals surface area contributed by atoms with Crippen LogP contribution in [0.15, 0.2) is 53.4 Å². The number of hydrogen-bond acceptors (Lipinski definition) is 4. The molecule has 1 aliphatic rings. The number of rotatable bonds is 4. The van der Waals surface area contributed by atoms with Crippen LogP contribution in [0.1, 0.15) is 24.2 Å². The number of urea groups is 1. The summed E-state index contributed by atoms with van der Waals surface area (Å²) in [4.78, 5) is 14.7. The molecule has 2 aromatic rings. The molecule has 0 radical (unpaired) electrons. The van der Waals surface area contributed by atoms with E-state index in [0.29, 0.717) is 18.8 Å². The van der Waals surface area contributed by atoms with Gasteiger partial charge in [0.05, 0.1) is 17.5 Å². The van der Waals surface area contributed by atoms with E-state index in [-0.39, 0.29) is 23.1 Å². The van der Waals surface area contributed by atoms with E-state index in [1.54, 1.807) is 11.0 Å². The minimum Gasteiger partial charge on any atom is -0.367 e. The van der Waals surface area contributed by atoms with Gasteiger partial charge in [0, 0.05) is 12.2 Å². The summed E-state index contributed by atoms with van der Waals surface area (Å²) in [5, 5.41) is 2.85. The lowest BCUT2D eigenvalue weighted by Crippen LogP contribution is -2.47. The second-order valence-corrected chi connectivity index (χ2v) is 8.75. The quantitative estimate of drug-likeness (QED) is 0.822. The van der Waals surface area contributed by atoms with Crippen LogP contribution in [0, 0.1) is 6.92 Å². The maximum Gasteiger partial charge on any atom is 0.322 e. The third-order valence-corrected chi connectivity index (χ3v) is 6.16. The fourth-order valence-electron chi connectivity index (χ4n) is 3.18. The van der Waals surface area contributed by atoms with Crippen molar-refractivity contribution in [3.05, 3.63) is 59.7 Å². The molecule has 0 bridgehead atoms. The number of hydrogen-bond donors (Lipinski definition) is 2. The molecule has 8 heteroatoms. The summed E-state index contributed by atoms with van der Waals surface area (Å²) in [5.74, 6) is 0. The van der Waals surface area contributed by atoms with Crippen LogP contribution in [-0.2, 0) is 14.8 Å². The molecule has 2 N–H and O–H groups in total. The SMILES string of the molecule is CNS(=O)(=O)c1ccc(C)c(NC(=O)N2C[C@@H](c3ccccc3)O[C@@H](C)C2)c1. The molecule has 7 nitrogen and oxygen atoms in total. The Morgan fingerprint density at radius 1 is 1.14 bits per heavy atom. The Balaban J connectivity index is 1.78. The monoisotopic (exact) mass is 403 g/mol. The lowest BCUT2D eigenvalue weighted by molar-refractivity contribution is -0.0642. The molecule has 150 valence electrons. The second-order valence-electron chi connectivity index (χ2n) is 6.87. The average Bonchev–Trinajstić information content (AvgIpc) is 2.69. The summed E-state index contributed by atoms with van der Waals surface area (Å²) in [6.07, 6.45) is -0.311. The molecule has 0 aliphatic carbocycles. The van der Waals surface area contributed by atoms with Gasteiger partial charge in [-0.15, -0.1) is 0 Å². The highest BCUT2D eigenvalue weighted by molar-refractivity contribution is 7.89. The van der Waals surface area contributed by atoms with Gasteiger partial charge < -0.3 is 15.0 Å². The maximum atomic E-state index is 12.9. The van der Waals surface area contributed by atoms with E-state index in [1.807, 2.05) is 44.2 Å². The Kier molecular flexibility index (Phi) is 6.02. The van der Waals surface area contributed by atoms with Crippen LogP contribution >= 0.6 is 0 Å². The molecule has 0 unspecified atom stereocenters. The van der Waals surface area contributed by atoms with Gasteiger partial charge in [-0.25, -0.2) is 17.9 Å². The van der Waals surface area contributed by atoms with E-state index in [0.717, 1.165) is 11.1 Å². The first kappa shape index (κ1) is 20.3. The summed E-state index contributed by atoms with van der Waals surface area (Å²) in [6.45, 7) is 4.64. The van der Waals surface area contributed by atoms with Crippen molar-refractivity contribution in [2.24, 2.45) is 0 Å². The fraction of sp³-hybridized carbons (Fsp3) is 0.350. The standard InChI is InChI=1S/C20H25N3O4S/c1-14-9-10-17(28(25,26)21-3)11-18(14)22-20(24)23-12-15(2)27-19(13-23)16-7-5-4-6-8-16/h4-11,15,19,21H,12-13H2,1-3H3,(H,22,24)/t15-,19-/m0/s1. The summed E-state index contributed by atoms with van der Waals surface area (Å²) in [6, 6.07) is 14.2. The normalized spacial score (nSPS) is 20.0. The van der Waals surface area contributed by atoms with Gasteiger partial charge in [-0.05, 0) is 44.2 Å². The Labute approximate surface area is 165 Å². The van der Waals surface area contributed by atoms with Gasteiger partial charge in [-0.3, -0.25) is 0 Å². The minimum absolute atomic E-state index is 0.105. The number of nitrogens with zero attached hydrogens (tertiary/aromatic N) is 1. The van der Waals surface area contributed by atoms with E-state index in [2.05, 4.69) is 10.0 Å². The van der Waals surface area contributed by atoms with Crippen LogP contribution in [0.25, 0.3) is 0 Å². The fourth-order valence-corrected chi connectivity index (χ4v) is 3.94. The zero-order valence-corrected chi connectivity index (χ0v) is 17.0. The van der Waals surface area contributed by atoms with Crippen molar-refractivity contribution in [1.29, 1.82) is 0 Å². The topological polar surface area (TPSA) is 87.7 Å². The first-order chi connectivity index (χ1) is 13.3. The number of anilines is 1. The average molecular weight is 404 g/mol. The van der Waals surface area contributed by atoms with Gasteiger partial charge >= 0.3 is 6.03 Å². The Morgan fingerprint density at radius 2 is 1.86 bits per heavy atom. The van der Waals surface area contributed by atoms with Crippen molar-refractivity contribution in [3.63, 3.8) is 0 Å². The van der Waals surface area contributed by atoms with Crippen LogP contribution in [0.4, 0.5) is 10.5 Å². The third kappa shape index (κ3) is 4.52. The zero-order valence-electron chi connectivity index (χ0n) is 16.2. The first-order valence-corrected chi connectivity index (χ1v) is 10.6. The van der Waals surface area contributed by atoms with E-state index in [9.17, 15) is 13.2 Å². The number of amides is 2. The lowest BCUT2D eigenvalue weighted by Gasteiger charge is -2.37. The van der Waals surface area contributed by atoms with Crippen molar-refractivity contribution in [2.45, 2.75) is 31.0 Å². The highest BCUT2D eigenvalue weighted by Crippen LogP contribution is 2.26. The number of benzene rings is 2. The number of morpholine rings is 1. The highest BCUT2D eigenvalue weighted by atomic mass is 32.2. The van der Waals surface area contributed by atoms with Crippen molar-refractivity contribution in [1.82, 2.24) is 9.62 Å². The van der Waals surface area contributed by atoms with Crippen molar-refractivity contribution < 1.29 is 17.9 Å². The molecule has 2 atom stereocenters. The van der Waals surface area contributed by atoms with Crippen LogP contribution in [0.3, 0.4) is 0 Å². The number of carbonyl (C=O) groups is 1. The van der Waals surface area contributed by atoms with Gasteiger partial charge in [-0.2, -0.15) is 0 Å². The molecular weight excluding hydrogens is 378 g/mol. The van der Waals surface area contributed by atoms with Crippen molar-refractivity contribution >= 4 is 21.7 Å². The van der Waals surface area contributed by atoms with Gasteiger partial charge in [-0.1, -0.05) is 36.4 Å². The van der Waals surface area contributed by atoms with Gasteiger partial charge in [0.1, 0.15) is 6.10 Å². The Morgan fingerprint density at radius 3 is 2.54 bits per heavy atom. The number of ether oxygens (including phenoxy) is 1. The van der Waals surface area contributed by atoms with Crippen LogP contribution in [0.5, 0.6) is 0 Å². The molecule has 2 aromatic carbocycles. The lowest BCUT2D eigenvalue weighted by atomic mass is 10.1. The van der Waals surface area contributed by atoms with Crippen LogP contribution < -0.4 is 10.0 Å². The number of nitrogens with one attached hydrogen (secondary N) is 2. The summed E-state index contributed by atoms with van der Waals surface area (Å²) in [5.41, 5.74) is 2.27. The molecule has 0 spiro atoms. The zero-order chi connectivity index (χ0) is 20.3. The van der Waals surface area contributed by atoms with E-state index in [4.69, 9.17) is 4.74 Å². The molecule has 0 saturated carbocycles. The van der Waals surface area contributed by atoms with Crippen molar-refractivity contribution in [2.75, 3.05) is 25.5 Å². The second kappa shape index (κ2) is 8.30. The summed E-state index contributed by atoms with van der Waals surface area (Å²) in [7, 11) is -2.23. The third-order valence-electron chi connectivity index (χ3n) is 4.75. The van der Waals surface area contributed by atoms with E-state index >= 15 is 0 Å². The molecule has 2 amide bonds. The van der Waals surface area contributed by atoms with Gasteiger partial charge in [0.2, 0.25) is 10.0 Å². The Bertz CT molecular complexity index is 947. The Hall–Kier alpha value is -2.42. The van der Waals surface area contributed by atoms with Gasteiger partial charge in [0.25, 0.3) is 0 Å². The van der Waals surface area contributed by atoms with Crippen molar-refractivity contribution in [3.8, 4) is 0 Å². The maximum absolute atomic E-state index is 12.9. The number of sulfonamides is 1. The molecule has 1 heterocycles. The largest absolute Gasteiger partial charge is 0.367 e. The molecular formula is C20H25N3O4S.